The Balaban J connectivity index is 2.37. The molecule has 0 saturated heterocycles. The van der Waals surface area contributed by atoms with Crippen molar-refractivity contribution in [2.75, 3.05) is 11.9 Å². The Hall–Kier alpha value is -1.91. The number of halogens is 1. The summed E-state index contributed by atoms with van der Waals surface area (Å²) in [7, 11) is 0. The van der Waals surface area contributed by atoms with Gasteiger partial charge in [0.15, 0.2) is 0 Å². The monoisotopic (exact) mass is 239 g/mol. The quantitative estimate of drug-likeness (QED) is 0.800. The van der Waals surface area contributed by atoms with E-state index in [1.165, 1.54) is 18.2 Å². The van der Waals surface area contributed by atoms with Gasteiger partial charge < -0.3 is 10.1 Å². The van der Waals surface area contributed by atoms with E-state index in [1.807, 2.05) is 0 Å². The summed E-state index contributed by atoms with van der Waals surface area (Å²) in [5.41, 5.74) is 0.374. The van der Waals surface area contributed by atoms with Gasteiger partial charge in [-0.25, -0.2) is 4.39 Å². The lowest BCUT2D eigenvalue weighted by Gasteiger charge is -2.05. The van der Waals surface area contributed by atoms with Crippen LogP contribution in [0.2, 0.25) is 0 Å². The van der Waals surface area contributed by atoms with E-state index in [0.29, 0.717) is 12.3 Å². The van der Waals surface area contributed by atoms with Gasteiger partial charge in [-0.15, -0.1) is 0 Å². The summed E-state index contributed by atoms with van der Waals surface area (Å²) in [6.07, 6.45) is 0.0460. The first-order chi connectivity index (χ1) is 8.11. The number of hydrogen-bond acceptors (Lipinski definition) is 3. The van der Waals surface area contributed by atoms with E-state index < -0.39 is 11.8 Å². The zero-order chi connectivity index (χ0) is 12.7. The molecule has 0 unspecified atom stereocenters. The Morgan fingerprint density at radius 1 is 1.35 bits per heavy atom. The van der Waals surface area contributed by atoms with Crippen molar-refractivity contribution < 1.29 is 18.7 Å². The van der Waals surface area contributed by atoms with Gasteiger partial charge in [-0.3, -0.25) is 9.59 Å². The molecule has 0 heterocycles. The van der Waals surface area contributed by atoms with Crippen molar-refractivity contribution in [1.82, 2.24) is 0 Å². The average Bonchev–Trinajstić information content (AvgIpc) is 2.27. The van der Waals surface area contributed by atoms with E-state index >= 15 is 0 Å². The molecule has 0 aromatic heterocycles. The van der Waals surface area contributed by atoms with Crippen LogP contribution < -0.4 is 5.32 Å². The smallest absolute Gasteiger partial charge is 0.306 e. The van der Waals surface area contributed by atoms with Crippen LogP contribution in [-0.2, 0) is 14.3 Å². The number of rotatable bonds is 5. The van der Waals surface area contributed by atoms with Crippen LogP contribution in [0.25, 0.3) is 0 Å². The second-order valence-electron chi connectivity index (χ2n) is 3.36. The molecule has 1 amide bonds. The lowest BCUT2D eigenvalue weighted by atomic mass is 10.2. The summed E-state index contributed by atoms with van der Waals surface area (Å²) in [5, 5.41) is 2.49. The largest absolute Gasteiger partial charge is 0.466 e. The molecule has 1 N–H and O–H groups in total. The van der Waals surface area contributed by atoms with Crippen LogP contribution in [0.1, 0.15) is 19.8 Å². The van der Waals surface area contributed by atoms with Gasteiger partial charge in [-0.2, -0.15) is 0 Å². The predicted octanol–water partition coefficient (Wildman–Crippen LogP) is 2.11. The van der Waals surface area contributed by atoms with Gasteiger partial charge in [0.25, 0.3) is 0 Å². The molecule has 1 aromatic rings. The summed E-state index contributed by atoms with van der Waals surface area (Å²) in [6.45, 7) is 2.00. The topological polar surface area (TPSA) is 55.4 Å². The normalized spacial score (nSPS) is 9.76. The molecule has 5 heteroatoms. The number of nitrogens with one attached hydrogen (secondary N) is 1. The van der Waals surface area contributed by atoms with Crippen molar-refractivity contribution >= 4 is 17.6 Å². The molecular weight excluding hydrogens is 225 g/mol. The number of amides is 1. The van der Waals surface area contributed by atoms with Gasteiger partial charge in [-0.05, 0) is 25.1 Å². The van der Waals surface area contributed by atoms with Gasteiger partial charge in [-0.1, -0.05) is 6.07 Å². The first kappa shape index (κ1) is 13.2. The molecule has 0 saturated carbocycles. The van der Waals surface area contributed by atoms with Crippen molar-refractivity contribution in [1.29, 1.82) is 0 Å². The number of carbonyl (C=O) groups excluding carboxylic acids is 2. The van der Waals surface area contributed by atoms with E-state index in [2.05, 4.69) is 10.1 Å². The first-order valence-electron chi connectivity index (χ1n) is 5.33. The van der Waals surface area contributed by atoms with E-state index in [-0.39, 0.29) is 18.7 Å². The number of ether oxygens (including phenoxy) is 1. The fourth-order valence-electron chi connectivity index (χ4n) is 1.24. The molecule has 0 aliphatic carbocycles. The lowest BCUT2D eigenvalue weighted by molar-refractivity contribution is -0.144. The zero-order valence-electron chi connectivity index (χ0n) is 9.53. The van der Waals surface area contributed by atoms with Crippen LogP contribution in [0, 0.1) is 5.82 Å². The lowest BCUT2D eigenvalue weighted by Crippen LogP contribution is -2.14. The zero-order valence-corrected chi connectivity index (χ0v) is 9.53. The SMILES string of the molecule is CCOC(=O)CCC(=O)Nc1cccc(F)c1. The molecule has 92 valence electrons. The summed E-state index contributed by atoms with van der Waals surface area (Å²) >= 11 is 0. The second kappa shape index (κ2) is 6.62. The van der Waals surface area contributed by atoms with Crippen LogP contribution in [-0.4, -0.2) is 18.5 Å². The molecule has 4 nitrogen and oxygen atoms in total. The summed E-state index contributed by atoms with van der Waals surface area (Å²) in [5.74, 6) is -1.18. The van der Waals surface area contributed by atoms with Crippen molar-refractivity contribution in [3.63, 3.8) is 0 Å². The number of hydrogen-bond donors (Lipinski definition) is 1. The minimum atomic E-state index is -0.423. The summed E-state index contributed by atoms with van der Waals surface area (Å²) in [4.78, 5) is 22.4. The van der Waals surface area contributed by atoms with Crippen molar-refractivity contribution in [2.24, 2.45) is 0 Å². The molecule has 0 spiro atoms. The van der Waals surface area contributed by atoms with Gasteiger partial charge >= 0.3 is 5.97 Å². The van der Waals surface area contributed by atoms with Crippen LogP contribution in [0.3, 0.4) is 0 Å². The Labute approximate surface area is 98.8 Å². The Morgan fingerprint density at radius 2 is 2.12 bits per heavy atom. The van der Waals surface area contributed by atoms with Gasteiger partial charge in [0.05, 0.1) is 13.0 Å². The van der Waals surface area contributed by atoms with Crippen LogP contribution >= 0.6 is 0 Å². The van der Waals surface area contributed by atoms with E-state index in [1.54, 1.807) is 13.0 Å². The molecule has 1 aromatic carbocycles. The van der Waals surface area contributed by atoms with Gasteiger partial charge in [0, 0.05) is 12.1 Å². The second-order valence-corrected chi connectivity index (χ2v) is 3.36. The van der Waals surface area contributed by atoms with E-state index in [0.717, 1.165) is 0 Å². The van der Waals surface area contributed by atoms with Crippen LogP contribution in [0.15, 0.2) is 24.3 Å². The summed E-state index contributed by atoms with van der Waals surface area (Å²) < 4.78 is 17.5. The number of benzene rings is 1. The van der Waals surface area contributed by atoms with Crippen molar-refractivity contribution in [3.05, 3.63) is 30.1 Å². The molecule has 0 aliphatic heterocycles. The fourth-order valence-corrected chi connectivity index (χ4v) is 1.24. The number of carbonyl (C=O) groups is 2. The molecule has 0 radical (unpaired) electrons. The molecule has 0 bridgehead atoms. The Bertz CT molecular complexity index is 406. The first-order valence-corrected chi connectivity index (χ1v) is 5.33. The standard InChI is InChI=1S/C12H14FNO3/c1-2-17-12(16)7-6-11(15)14-10-5-3-4-9(13)8-10/h3-5,8H,2,6-7H2,1H3,(H,14,15). The van der Waals surface area contributed by atoms with Crippen LogP contribution in [0.4, 0.5) is 10.1 Å². The molecule has 0 atom stereocenters. The highest BCUT2D eigenvalue weighted by atomic mass is 19.1. The maximum absolute atomic E-state index is 12.8. The maximum Gasteiger partial charge on any atom is 0.306 e. The average molecular weight is 239 g/mol. The molecular formula is C12H14FNO3. The number of esters is 1. The molecule has 1 rings (SSSR count). The predicted molar refractivity (Wildman–Crippen MR) is 60.9 cm³/mol. The number of anilines is 1. The van der Waals surface area contributed by atoms with Gasteiger partial charge in [0.2, 0.25) is 5.91 Å². The molecule has 0 aliphatic rings. The summed E-state index contributed by atoms with van der Waals surface area (Å²) in [6, 6.07) is 5.57. The van der Waals surface area contributed by atoms with Gasteiger partial charge in [0.1, 0.15) is 5.82 Å². The van der Waals surface area contributed by atoms with Crippen molar-refractivity contribution in [3.8, 4) is 0 Å². The highest BCUT2D eigenvalue weighted by Gasteiger charge is 2.07. The molecule has 17 heavy (non-hydrogen) atoms. The minimum Gasteiger partial charge on any atom is -0.466 e. The molecule has 0 fully saturated rings. The van der Waals surface area contributed by atoms with Crippen molar-refractivity contribution in [2.45, 2.75) is 19.8 Å². The third-order valence-electron chi connectivity index (χ3n) is 1.97. The van der Waals surface area contributed by atoms with E-state index in [9.17, 15) is 14.0 Å². The van der Waals surface area contributed by atoms with Crippen LogP contribution in [0.5, 0.6) is 0 Å². The minimum absolute atomic E-state index is 0.0228. The third kappa shape index (κ3) is 5.10. The Kier molecular flexibility index (Phi) is 5.13. The maximum atomic E-state index is 12.8. The fraction of sp³-hybridized carbons (Fsp3) is 0.333. The van der Waals surface area contributed by atoms with E-state index in [4.69, 9.17) is 0 Å². The third-order valence-corrected chi connectivity index (χ3v) is 1.97. The highest BCUT2D eigenvalue weighted by Crippen LogP contribution is 2.09. The highest BCUT2D eigenvalue weighted by molar-refractivity contribution is 5.92. The Morgan fingerprint density at radius 3 is 2.76 bits per heavy atom.